The number of thiocarbonyl (C=S) groups is 1. The van der Waals surface area contributed by atoms with Crippen molar-refractivity contribution in [3.05, 3.63) is 34.7 Å². The molecule has 0 atom stereocenters. The van der Waals surface area contributed by atoms with E-state index in [0.29, 0.717) is 4.99 Å². The Bertz CT molecular complexity index is 339. The van der Waals surface area contributed by atoms with Gasteiger partial charge in [0.15, 0.2) is 5.43 Å². The van der Waals surface area contributed by atoms with E-state index in [1.165, 1.54) is 0 Å². The largest absolute Gasteiger partial charge is 0.393 e. The predicted molar refractivity (Wildman–Crippen MR) is 61.3 cm³/mol. The lowest BCUT2D eigenvalue weighted by Gasteiger charge is -2.04. The predicted octanol–water partition coefficient (Wildman–Crippen LogP) is 1.30. The highest BCUT2D eigenvalue weighted by Gasteiger charge is 1.92. The maximum absolute atomic E-state index is 10.8. The highest BCUT2D eigenvalue weighted by molar-refractivity contribution is 7.80. The standard InChI is InChI=1S/C10H14N2OS/c11-10(14)3-1-2-6-12-7-4-9(13)5-8-12/h4-5,7-8H,1-3,6H2,(H2,11,14). The number of aryl methyl sites for hydroxylation is 1. The zero-order valence-corrected chi connectivity index (χ0v) is 8.80. The summed E-state index contributed by atoms with van der Waals surface area (Å²) in [4.78, 5) is 11.4. The van der Waals surface area contributed by atoms with Crippen LogP contribution in [0.4, 0.5) is 0 Å². The van der Waals surface area contributed by atoms with Crippen molar-refractivity contribution in [1.82, 2.24) is 4.57 Å². The molecule has 0 saturated heterocycles. The number of unbranched alkanes of at least 4 members (excludes halogenated alkanes) is 1. The SMILES string of the molecule is NC(=S)CCCCn1ccc(=O)cc1. The molecule has 3 nitrogen and oxygen atoms in total. The third-order valence-electron chi connectivity index (χ3n) is 1.95. The normalized spacial score (nSPS) is 10.0. The Labute approximate surface area is 88.5 Å². The van der Waals surface area contributed by atoms with Gasteiger partial charge in [0.2, 0.25) is 0 Å². The average Bonchev–Trinajstić information content (AvgIpc) is 2.15. The van der Waals surface area contributed by atoms with Crippen LogP contribution >= 0.6 is 12.2 Å². The van der Waals surface area contributed by atoms with Gasteiger partial charge in [0.1, 0.15) is 0 Å². The van der Waals surface area contributed by atoms with E-state index in [4.69, 9.17) is 18.0 Å². The molecular weight excluding hydrogens is 196 g/mol. The zero-order valence-electron chi connectivity index (χ0n) is 7.98. The molecule has 0 amide bonds. The van der Waals surface area contributed by atoms with Gasteiger partial charge >= 0.3 is 0 Å². The van der Waals surface area contributed by atoms with E-state index in [9.17, 15) is 4.79 Å². The molecule has 1 aromatic rings. The van der Waals surface area contributed by atoms with Crippen LogP contribution in [0.25, 0.3) is 0 Å². The number of pyridine rings is 1. The van der Waals surface area contributed by atoms with Gasteiger partial charge in [0.05, 0.1) is 4.99 Å². The molecule has 1 rings (SSSR count). The third kappa shape index (κ3) is 4.18. The number of nitrogens with zero attached hydrogens (tertiary/aromatic N) is 1. The molecule has 0 aliphatic carbocycles. The van der Waals surface area contributed by atoms with Gasteiger partial charge in [-0.15, -0.1) is 0 Å². The molecule has 0 radical (unpaired) electrons. The molecule has 0 spiro atoms. The molecule has 0 unspecified atom stereocenters. The lowest BCUT2D eigenvalue weighted by Crippen LogP contribution is -2.08. The van der Waals surface area contributed by atoms with Crippen LogP contribution < -0.4 is 11.2 Å². The van der Waals surface area contributed by atoms with Gasteiger partial charge in [-0.2, -0.15) is 0 Å². The van der Waals surface area contributed by atoms with Crippen LogP contribution in [0.2, 0.25) is 0 Å². The summed E-state index contributed by atoms with van der Waals surface area (Å²) < 4.78 is 1.99. The smallest absolute Gasteiger partial charge is 0.181 e. The third-order valence-corrected chi connectivity index (χ3v) is 2.15. The summed E-state index contributed by atoms with van der Waals surface area (Å²) in [7, 11) is 0. The second kappa shape index (κ2) is 5.54. The van der Waals surface area contributed by atoms with Crippen molar-refractivity contribution in [2.45, 2.75) is 25.8 Å². The highest BCUT2D eigenvalue weighted by atomic mass is 32.1. The molecule has 76 valence electrons. The molecular formula is C10H14N2OS. The van der Waals surface area contributed by atoms with E-state index < -0.39 is 0 Å². The molecule has 0 saturated carbocycles. The highest BCUT2D eigenvalue weighted by Crippen LogP contribution is 1.98. The molecule has 0 bridgehead atoms. The lowest BCUT2D eigenvalue weighted by atomic mass is 10.2. The van der Waals surface area contributed by atoms with Crippen LogP contribution in [0.5, 0.6) is 0 Å². The van der Waals surface area contributed by atoms with E-state index in [-0.39, 0.29) is 5.43 Å². The summed E-state index contributed by atoms with van der Waals surface area (Å²) in [5, 5.41) is 0. The zero-order chi connectivity index (χ0) is 10.4. The molecule has 1 heterocycles. The van der Waals surface area contributed by atoms with Crippen LogP contribution in [0, 0.1) is 0 Å². The van der Waals surface area contributed by atoms with Gasteiger partial charge in [0, 0.05) is 31.1 Å². The maximum atomic E-state index is 10.8. The van der Waals surface area contributed by atoms with Crippen LogP contribution in [0.1, 0.15) is 19.3 Å². The van der Waals surface area contributed by atoms with E-state index in [1.807, 2.05) is 4.57 Å². The van der Waals surface area contributed by atoms with Crippen molar-refractivity contribution in [1.29, 1.82) is 0 Å². The van der Waals surface area contributed by atoms with Crippen LogP contribution in [-0.2, 0) is 6.54 Å². The minimum atomic E-state index is 0.0457. The molecule has 0 aliphatic rings. The first-order valence-electron chi connectivity index (χ1n) is 4.63. The van der Waals surface area contributed by atoms with Crippen LogP contribution in [0.3, 0.4) is 0 Å². The fraction of sp³-hybridized carbons (Fsp3) is 0.400. The van der Waals surface area contributed by atoms with Crippen molar-refractivity contribution < 1.29 is 0 Å². The molecule has 4 heteroatoms. The van der Waals surface area contributed by atoms with Crippen LogP contribution in [0.15, 0.2) is 29.3 Å². The quantitative estimate of drug-likeness (QED) is 0.588. The summed E-state index contributed by atoms with van der Waals surface area (Å²) in [6, 6.07) is 3.13. The number of nitrogens with two attached hydrogens (primary N) is 1. The van der Waals surface area contributed by atoms with Crippen molar-refractivity contribution in [3.8, 4) is 0 Å². The number of hydrogen-bond donors (Lipinski definition) is 1. The Balaban J connectivity index is 2.28. The monoisotopic (exact) mass is 210 g/mol. The molecule has 0 aromatic carbocycles. The minimum Gasteiger partial charge on any atom is -0.393 e. The number of hydrogen-bond acceptors (Lipinski definition) is 2. The molecule has 0 aliphatic heterocycles. The Hall–Kier alpha value is -1.16. The summed E-state index contributed by atoms with van der Waals surface area (Å²) in [6.07, 6.45) is 6.42. The summed E-state index contributed by atoms with van der Waals surface area (Å²) in [5.74, 6) is 0. The van der Waals surface area contributed by atoms with Gasteiger partial charge in [-0.1, -0.05) is 12.2 Å². The Morgan fingerprint density at radius 2 is 2.00 bits per heavy atom. The molecule has 14 heavy (non-hydrogen) atoms. The maximum Gasteiger partial charge on any atom is 0.181 e. The summed E-state index contributed by atoms with van der Waals surface area (Å²) in [6.45, 7) is 0.906. The summed E-state index contributed by atoms with van der Waals surface area (Å²) >= 11 is 4.77. The van der Waals surface area contributed by atoms with E-state index in [2.05, 4.69) is 0 Å². The van der Waals surface area contributed by atoms with Gasteiger partial charge in [0.25, 0.3) is 0 Å². The fourth-order valence-electron chi connectivity index (χ4n) is 1.19. The first-order valence-corrected chi connectivity index (χ1v) is 5.04. The van der Waals surface area contributed by atoms with Gasteiger partial charge < -0.3 is 10.3 Å². The van der Waals surface area contributed by atoms with Gasteiger partial charge in [-0.05, 0) is 19.3 Å². The first-order chi connectivity index (χ1) is 6.68. The van der Waals surface area contributed by atoms with Crippen LogP contribution in [-0.4, -0.2) is 9.56 Å². The van der Waals surface area contributed by atoms with Crippen molar-refractivity contribution >= 4 is 17.2 Å². The van der Waals surface area contributed by atoms with Crippen molar-refractivity contribution in [3.63, 3.8) is 0 Å². The Morgan fingerprint density at radius 3 is 2.57 bits per heavy atom. The summed E-state index contributed by atoms with van der Waals surface area (Å²) in [5.41, 5.74) is 5.42. The Morgan fingerprint density at radius 1 is 1.36 bits per heavy atom. The second-order valence-corrected chi connectivity index (χ2v) is 3.72. The molecule has 0 fully saturated rings. The van der Waals surface area contributed by atoms with E-state index >= 15 is 0 Å². The van der Waals surface area contributed by atoms with Crippen molar-refractivity contribution in [2.75, 3.05) is 0 Å². The minimum absolute atomic E-state index is 0.0457. The number of aromatic nitrogens is 1. The Kier molecular flexibility index (Phi) is 4.32. The molecule has 1 aromatic heterocycles. The van der Waals surface area contributed by atoms with E-state index in [1.54, 1.807) is 24.5 Å². The topological polar surface area (TPSA) is 48.0 Å². The molecule has 2 N–H and O–H groups in total. The average molecular weight is 210 g/mol. The van der Waals surface area contributed by atoms with E-state index in [0.717, 1.165) is 25.8 Å². The lowest BCUT2D eigenvalue weighted by molar-refractivity contribution is 0.616. The van der Waals surface area contributed by atoms with Crippen molar-refractivity contribution in [2.24, 2.45) is 5.73 Å². The number of rotatable bonds is 5. The second-order valence-electron chi connectivity index (χ2n) is 3.20. The first kappa shape index (κ1) is 10.9. The van der Waals surface area contributed by atoms with Gasteiger partial charge in [-0.3, -0.25) is 4.79 Å². The van der Waals surface area contributed by atoms with Gasteiger partial charge in [-0.25, -0.2) is 0 Å². The fourth-order valence-corrected chi connectivity index (χ4v) is 1.33.